The smallest absolute Gasteiger partial charge is 0.256 e. The van der Waals surface area contributed by atoms with Gasteiger partial charge in [-0.3, -0.25) is 4.79 Å². The summed E-state index contributed by atoms with van der Waals surface area (Å²) in [6, 6.07) is 4.94. The first-order valence-corrected chi connectivity index (χ1v) is 7.33. The van der Waals surface area contributed by atoms with Crippen LogP contribution in [0.5, 0.6) is 0 Å². The third-order valence-electron chi connectivity index (χ3n) is 4.53. The van der Waals surface area contributed by atoms with Gasteiger partial charge in [-0.2, -0.15) is 0 Å². The molecule has 1 aromatic rings. The molecule has 2 rings (SSSR count). The Labute approximate surface area is 121 Å². The number of hydrogen-bond donors (Lipinski definition) is 0. The molecule has 0 saturated heterocycles. The van der Waals surface area contributed by atoms with Crippen molar-refractivity contribution in [3.8, 4) is 0 Å². The predicted octanol–water partition coefficient (Wildman–Crippen LogP) is 4.17. The normalized spacial score (nSPS) is 18.9. The lowest BCUT2D eigenvalue weighted by molar-refractivity contribution is 0.0630. The second kappa shape index (κ2) is 5.55. The van der Waals surface area contributed by atoms with Crippen molar-refractivity contribution in [1.29, 1.82) is 0 Å². The van der Waals surface area contributed by atoms with E-state index in [1.165, 1.54) is 6.07 Å². The Balaban J connectivity index is 2.11. The third kappa shape index (κ3) is 3.20. The average Bonchev–Trinajstić information content (AvgIpc) is 2.40. The molecule has 2 nitrogen and oxygen atoms in total. The largest absolute Gasteiger partial charge is 0.339 e. The van der Waals surface area contributed by atoms with Gasteiger partial charge < -0.3 is 4.90 Å². The summed E-state index contributed by atoms with van der Waals surface area (Å²) < 4.78 is 13.8. The van der Waals surface area contributed by atoms with Gasteiger partial charge >= 0.3 is 0 Å². The number of rotatable bonds is 2. The summed E-state index contributed by atoms with van der Waals surface area (Å²) in [6.45, 7) is 6.41. The fourth-order valence-corrected chi connectivity index (χ4v) is 2.93. The van der Waals surface area contributed by atoms with Gasteiger partial charge in [0.15, 0.2) is 0 Å². The van der Waals surface area contributed by atoms with Crippen molar-refractivity contribution in [2.24, 2.45) is 5.41 Å². The van der Waals surface area contributed by atoms with Gasteiger partial charge in [-0.05, 0) is 50.2 Å². The van der Waals surface area contributed by atoms with E-state index in [0.29, 0.717) is 5.41 Å². The van der Waals surface area contributed by atoms with E-state index in [1.807, 2.05) is 6.92 Å². The van der Waals surface area contributed by atoms with Crippen LogP contribution in [0.1, 0.15) is 55.5 Å². The van der Waals surface area contributed by atoms with Crippen LogP contribution >= 0.6 is 0 Å². The van der Waals surface area contributed by atoms with E-state index >= 15 is 0 Å². The standard InChI is InChI=1S/C17H24FNO/c1-12-5-6-15(18)14(11-12)16(20)19(4)13-7-9-17(2,3)10-8-13/h5-6,11,13H,7-10H2,1-4H3. The van der Waals surface area contributed by atoms with Crippen molar-refractivity contribution in [1.82, 2.24) is 4.90 Å². The van der Waals surface area contributed by atoms with Crippen molar-refractivity contribution in [3.63, 3.8) is 0 Å². The minimum atomic E-state index is -0.427. The summed E-state index contributed by atoms with van der Waals surface area (Å²) in [4.78, 5) is 14.2. The summed E-state index contributed by atoms with van der Waals surface area (Å²) >= 11 is 0. The van der Waals surface area contributed by atoms with Crippen LogP contribution < -0.4 is 0 Å². The van der Waals surface area contributed by atoms with E-state index in [1.54, 1.807) is 24.1 Å². The Morgan fingerprint density at radius 3 is 2.50 bits per heavy atom. The van der Waals surface area contributed by atoms with Gasteiger partial charge in [0.25, 0.3) is 5.91 Å². The van der Waals surface area contributed by atoms with Crippen molar-refractivity contribution >= 4 is 5.91 Å². The lowest BCUT2D eigenvalue weighted by Crippen LogP contribution is -2.41. The summed E-state index contributed by atoms with van der Waals surface area (Å²) in [7, 11) is 1.80. The first-order valence-electron chi connectivity index (χ1n) is 7.33. The summed E-state index contributed by atoms with van der Waals surface area (Å²) in [5.74, 6) is -0.625. The highest BCUT2D eigenvalue weighted by atomic mass is 19.1. The Hall–Kier alpha value is -1.38. The quantitative estimate of drug-likeness (QED) is 0.794. The van der Waals surface area contributed by atoms with Crippen LogP contribution in [0.25, 0.3) is 0 Å². The highest BCUT2D eigenvalue weighted by Gasteiger charge is 2.31. The molecule has 0 N–H and O–H groups in total. The first kappa shape index (κ1) is 15.0. The molecule has 0 aliphatic heterocycles. The summed E-state index contributed by atoms with van der Waals surface area (Å²) in [5.41, 5.74) is 1.47. The molecule has 0 atom stereocenters. The fraction of sp³-hybridized carbons (Fsp3) is 0.588. The Morgan fingerprint density at radius 1 is 1.30 bits per heavy atom. The zero-order valence-electron chi connectivity index (χ0n) is 12.9. The van der Waals surface area contributed by atoms with Crippen molar-refractivity contribution in [2.75, 3.05) is 7.05 Å². The zero-order chi connectivity index (χ0) is 14.9. The number of halogens is 1. The van der Waals surface area contributed by atoms with Gasteiger partial charge in [0.2, 0.25) is 0 Å². The minimum absolute atomic E-state index is 0.192. The summed E-state index contributed by atoms with van der Waals surface area (Å²) in [6.07, 6.45) is 4.24. The molecule has 0 spiro atoms. The van der Waals surface area contributed by atoms with E-state index < -0.39 is 5.82 Å². The average molecular weight is 277 g/mol. The van der Waals surface area contributed by atoms with E-state index in [4.69, 9.17) is 0 Å². The molecule has 1 aromatic carbocycles. The van der Waals surface area contributed by atoms with Crippen molar-refractivity contribution in [3.05, 3.63) is 35.1 Å². The molecule has 20 heavy (non-hydrogen) atoms. The molecule has 0 heterocycles. The van der Waals surface area contributed by atoms with Gasteiger partial charge in [0.05, 0.1) is 5.56 Å². The molecule has 0 radical (unpaired) electrons. The number of aryl methyl sites for hydroxylation is 1. The zero-order valence-corrected chi connectivity index (χ0v) is 12.9. The van der Waals surface area contributed by atoms with E-state index in [-0.39, 0.29) is 17.5 Å². The van der Waals surface area contributed by atoms with E-state index in [2.05, 4.69) is 13.8 Å². The van der Waals surface area contributed by atoms with Crippen LogP contribution in [-0.2, 0) is 0 Å². The molecule has 0 bridgehead atoms. The maximum absolute atomic E-state index is 13.8. The molecule has 0 aromatic heterocycles. The molecular weight excluding hydrogens is 253 g/mol. The summed E-state index contributed by atoms with van der Waals surface area (Å²) in [5, 5.41) is 0. The van der Waals surface area contributed by atoms with Gasteiger partial charge in [-0.1, -0.05) is 25.5 Å². The molecule has 110 valence electrons. The minimum Gasteiger partial charge on any atom is -0.339 e. The van der Waals surface area contributed by atoms with Crippen molar-refractivity contribution < 1.29 is 9.18 Å². The lowest BCUT2D eigenvalue weighted by Gasteiger charge is -2.38. The monoisotopic (exact) mass is 277 g/mol. The van der Waals surface area contributed by atoms with E-state index in [0.717, 1.165) is 31.2 Å². The predicted molar refractivity (Wildman–Crippen MR) is 79.3 cm³/mol. The molecule has 1 saturated carbocycles. The number of carbonyl (C=O) groups excluding carboxylic acids is 1. The third-order valence-corrected chi connectivity index (χ3v) is 4.53. The second-order valence-corrected chi connectivity index (χ2v) is 6.79. The SMILES string of the molecule is Cc1ccc(F)c(C(=O)N(C)C2CCC(C)(C)CC2)c1. The molecule has 1 aliphatic carbocycles. The number of amides is 1. The number of nitrogens with zero attached hydrogens (tertiary/aromatic N) is 1. The molecule has 3 heteroatoms. The van der Waals surface area contributed by atoms with Crippen LogP contribution in [0.3, 0.4) is 0 Å². The lowest BCUT2D eigenvalue weighted by atomic mass is 9.75. The topological polar surface area (TPSA) is 20.3 Å². The maximum Gasteiger partial charge on any atom is 0.256 e. The second-order valence-electron chi connectivity index (χ2n) is 6.79. The van der Waals surface area contributed by atoms with Gasteiger partial charge in [-0.25, -0.2) is 4.39 Å². The van der Waals surface area contributed by atoms with Crippen LogP contribution in [-0.4, -0.2) is 23.9 Å². The number of carbonyl (C=O) groups is 1. The Kier molecular flexibility index (Phi) is 4.17. The van der Waals surface area contributed by atoms with E-state index in [9.17, 15) is 9.18 Å². The van der Waals surface area contributed by atoms with Gasteiger partial charge in [0.1, 0.15) is 5.82 Å². The first-order chi connectivity index (χ1) is 9.30. The Bertz CT molecular complexity index is 500. The molecule has 1 aliphatic rings. The molecule has 1 fully saturated rings. The Morgan fingerprint density at radius 2 is 1.90 bits per heavy atom. The van der Waals surface area contributed by atoms with Crippen LogP contribution in [0, 0.1) is 18.2 Å². The molecule has 1 amide bonds. The van der Waals surface area contributed by atoms with Crippen LogP contribution in [0.4, 0.5) is 4.39 Å². The van der Waals surface area contributed by atoms with Crippen molar-refractivity contribution in [2.45, 2.75) is 52.5 Å². The van der Waals surface area contributed by atoms with Gasteiger partial charge in [0, 0.05) is 13.1 Å². The maximum atomic E-state index is 13.8. The number of hydrogen-bond acceptors (Lipinski definition) is 1. The fourth-order valence-electron chi connectivity index (χ4n) is 2.93. The van der Waals surface area contributed by atoms with Crippen LogP contribution in [0.15, 0.2) is 18.2 Å². The number of benzene rings is 1. The van der Waals surface area contributed by atoms with Crippen LogP contribution in [0.2, 0.25) is 0 Å². The highest BCUT2D eigenvalue weighted by Crippen LogP contribution is 2.36. The van der Waals surface area contributed by atoms with Gasteiger partial charge in [-0.15, -0.1) is 0 Å². The molecule has 0 unspecified atom stereocenters. The molecular formula is C17H24FNO. The highest BCUT2D eigenvalue weighted by molar-refractivity contribution is 5.94.